The molecule has 1 aliphatic rings. The van der Waals surface area contributed by atoms with Gasteiger partial charge in [0.15, 0.2) is 0 Å². The molecule has 11 heavy (non-hydrogen) atoms. The van der Waals surface area contributed by atoms with E-state index in [0.29, 0.717) is 0 Å². The number of ether oxygens (including phenoxy) is 1. The first kappa shape index (κ1) is 9.05. The maximum absolute atomic E-state index is 5.07. The van der Waals surface area contributed by atoms with Crippen molar-refractivity contribution >= 4 is 0 Å². The van der Waals surface area contributed by atoms with Crippen LogP contribution in [0.25, 0.3) is 0 Å². The number of hydrogen-bond donors (Lipinski definition) is 0. The third-order valence-electron chi connectivity index (χ3n) is 2.98. The summed E-state index contributed by atoms with van der Waals surface area (Å²) in [5.41, 5.74) is 0. The lowest BCUT2D eigenvalue weighted by Crippen LogP contribution is -2.09. The first-order chi connectivity index (χ1) is 5.34. The second-order valence-electron chi connectivity index (χ2n) is 3.80. The number of hydrogen-bond acceptors (Lipinski definition) is 1. The number of rotatable bonds is 4. The summed E-state index contributed by atoms with van der Waals surface area (Å²) in [5.74, 6) is 1.89. The predicted molar refractivity (Wildman–Crippen MR) is 47.6 cm³/mol. The van der Waals surface area contributed by atoms with Crippen molar-refractivity contribution in [1.29, 1.82) is 0 Å². The summed E-state index contributed by atoms with van der Waals surface area (Å²) in [6, 6.07) is 0. The zero-order chi connectivity index (χ0) is 8.10. The first-order valence-corrected chi connectivity index (χ1v) is 4.83. The minimum Gasteiger partial charge on any atom is -0.385 e. The monoisotopic (exact) mass is 156 g/mol. The Labute approximate surface area is 70.1 Å². The Balaban J connectivity index is 2.12. The fraction of sp³-hybridized carbons (Fsp3) is 1.00. The smallest absolute Gasteiger partial charge is 0.0464 e. The summed E-state index contributed by atoms with van der Waals surface area (Å²) in [5, 5.41) is 0. The van der Waals surface area contributed by atoms with E-state index in [0.717, 1.165) is 18.4 Å². The molecule has 1 fully saturated rings. The van der Waals surface area contributed by atoms with E-state index in [1.807, 2.05) is 0 Å². The van der Waals surface area contributed by atoms with Crippen LogP contribution in [0, 0.1) is 11.8 Å². The first-order valence-electron chi connectivity index (χ1n) is 4.83. The summed E-state index contributed by atoms with van der Waals surface area (Å²) >= 11 is 0. The Morgan fingerprint density at radius 1 is 1.36 bits per heavy atom. The Hall–Kier alpha value is -0.0400. The summed E-state index contributed by atoms with van der Waals surface area (Å²) < 4.78 is 5.07. The second-order valence-corrected chi connectivity index (χ2v) is 3.80. The van der Waals surface area contributed by atoms with Crippen molar-refractivity contribution in [2.75, 3.05) is 13.7 Å². The Bertz CT molecular complexity index is 95.0. The Kier molecular flexibility index (Phi) is 3.92. The van der Waals surface area contributed by atoms with Crippen LogP contribution in [0.3, 0.4) is 0 Å². The van der Waals surface area contributed by atoms with Gasteiger partial charge in [-0.1, -0.05) is 32.6 Å². The van der Waals surface area contributed by atoms with Crippen LogP contribution in [0.15, 0.2) is 0 Å². The van der Waals surface area contributed by atoms with Gasteiger partial charge in [-0.15, -0.1) is 0 Å². The van der Waals surface area contributed by atoms with Gasteiger partial charge in [-0.3, -0.25) is 0 Å². The highest BCUT2D eigenvalue weighted by molar-refractivity contribution is 4.72. The third-order valence-corrected chi connectivity index (χ3v) is 2.98. The van der Waals surface area contributed by atoms with Crippen LogP contribution < -0.4 is 0 Å². The van der Waals surface area contributed by atoms with Crippen LogP contribution in [0.1, 0.15) is 39.0 Å². The minimum atomic E-state index is 0.887. The van der Waals surface area contributed by atoms with Crippen molar-refractivity contribution in [3.8, 4) is 0 Å². The van der Waals surface area contributed by atoms with Gasteiger partial charge in [-0.05, 0) is 18.3 Å². The highest BCUT2D eigenvalue weighted by Gasteiger charge is 2.20. The van der Waals surface area contributed by atoms with Gasteiger partial charge in [0.2, 0.25) is 0 Å². The van der Waals surface area contributed by atoms with Crippen LogP contribution in [0.2, 0.25) is 0 Å². The van der Waals surface area contributed by atoms with E-state index in [9.17, 15) is 0 Å². The number of methoxy groups -OCH3 is 1. The van der Waals surface area contributed by atoms with E-state index < -0.39 is 0 Å². The molecular weight excluding hydrogens is 136 g/mol. The normalized spacial score (nSPS) is 22.4. The minimum absolute atomic E-state index is 0.887. The average Bonchev–Trinajstić information content (AvgIpc) is 2.52. The topological polar surface area (TPSA) is 9.23 Å². The molecule has 1 unspecified atom stereocenters. The van der Waals surface area contributed by atoms with Crippen molar-refractivity contribution in [3.63, 3.8) is 0 Å². The predicted octanol–water partition coefficient (Wildman–Crippen LogP) is 2.85. The molecule has 0 bridgehead atoms. The van der Waals surface area contributed by atoms with E-state index in [2.05, 4.69) is 6.92 Å². The van der Waals surface area contributed by atoms with Crippen molar-refractivity contribution < 1.29 is 4.74 Å². The third kappa shape index (κ3) is 2.82. The molecule has 66 valence electrons. The average molecular weight is 156 g/mol. The lowest BCUT2D eigenvalue weighted by Gasteiger charge is -2.17. The highest BCUT2D eigenvalue weighted by atomic mass is 16.5. The zero-order valence-corrected chi connectivity index (χ0v) is 7.81. The SMILES string of the molecule is COCCC(C)C1CCCC1. The molecule has 1 nitrogen and oxygen atoms in total. The van der Waals surface area contributed by atoms with Gasteiger partial charge in [0.1, 0.15) is 0 Å². The zero-order valence-electron chi connectivity index (χ0n) is 7.81. The Morgan fingerprint density at radius 2 is 2.00 bits per heavy atom. The maximum atomic E-state index is 5.07. The van der Waals surface area contributed by atoms with Gasteiger partial charge in [0.25, 0.3) is 0 Å². The molecule has 1 aliphatic carbocycles. The van der Waals surface area contributed by atoms with Crippen molar-refractivity contribution in [2.24, 2.45) is 11.8 Å². The van der Waals surface area contributed by atoms with Gasteiger partial charge in [0.05, 0.1) is 0 Å². The van der Waals surface area contributed by atoms with E-state index in [1.54, 1.807) is 7.11 Å². The van der Waals surface area contributed by atoms with Crippen LogP contribution in [-0.2, 0) is 4.74 Å². The Morgan fingerprint density at radius 3 is 2.55 bits per heavy atom. The quantitative estimate of drug-likeness (QED) is 0.608. The molecule has 0 N–H and O–H groups in total. The summed E-state index contributed by atoms with van der Waals surface area (Å²) in [7, 11) is 1.79. The van der Waals surface area contributed by atoms with Gasteiger partial charge >= 0.3 is 0 Å². The second kappa shape index (κ2) is 4.76. The fourth-order valence-corrected chi connectivity index (χ4v) is 2.07. The van der Waals surface area contributed by atoms with E-state index >= 15 is 0 Å². The molecule has 0 heterocycles. The maximum Gasteiger partial charge on any atom is 0.0464 e. The molecule has 0 aliphatic heterocycles. The molecule has 0 aromatic rings. The van der Waals surface area contributed by atoms with Gasteiger partial charge in [-0.2, -0.15) is 0 Å². The molecule has 0 radical (unpaired) electrons. The summed E-state index contributed by atoms with van der Waals surface area (Å²) in [6.45, 7) is 3.31. The largest absolute Gasteiger partial charge is 0.385 e. The molecule has 0 saturated heterocycles. The van der Waals surface area contributed by atoms with Crippen molar-refractivity contribution in [3.05, 3.63) is 0 Å². The van der Waals surface area contributed by atoms with Gasteiger partial charge in [-0.25, -0.2) is 0 Å². The van der Waals surface area contributed by atoms with E-state index in [1.165, 1.54) is 32.1 Å². The van der Waals surface area contributed by atoms with Crippen molar-refractivity contribution in [1.82, 2.24) is 0 Å². The molecular formula is C10H20O. The van der Waals surface area contributed by atoms with E-state index in [4.69, 9.17) is 4.74 Å². The highest BCUT2D eigenvalue weighted by Crippen LogP contribution is 2.32. The van der Waals surface area contributed by atoms with Crippen LogP contribution in [0.5, 0.6) is 0 Å². The van der Waals surface area contributed by atoms with Crippen LogP contribution in [0.4, 0.5) is 0 Å². The standard InChI is InChI=1S/C10H20O/c1-9(7-8-11-2)10-5-3-4-6-10/h9-10H,3-8H2,1-2H3. The van der Waals surface area contributed by atoms with Crippen LogP contribution in [-0.4, -0.2) is 13.7 Å². The summed E-state index contributed by atoms with van der Waals surface area (Å²) in [6.07, 6.45) is 7.10. The molecule has 1 atom stereocenters. The molecule has 1 heteroatoms. The molecule has 0 spiro atoms. The lowest BCUT2D eigenvalue weighted by atomic mass is 9.90. The van der Waals surface area contributed by atoms with Crippen LogP contribution >= 0.6 is 0 Å². The summed E-state index contributed by atoms with van der Waals surface area (Å²) in [4.78, 5) is 0. The molecule has 0 aromatic carbocycles. The molecule has 1 saturated carbocycles. The lowest BCUT2D eigenvalue weighted by molar-refractivity contribution is 0.165. The van der Waals surface area contributed by atoms with E-state index in [-0.39, 0.29) is 0 Å². The molecule has 1 rings (SSSR count). The fourth-order valence-electron chi connectivity index (χ4n) is 2.07. The van der Waals surface area contributed by atoms with Gasteiger partial charge < -0.3 is 4.74 Å². The van der Waals surface area contributed by atoms with Gasteiger partial charge in [0, 0.05) is 13.7 Å². The molecule has 0 amide bonds. The molecule has 0 aromatic heterocycles. The van der Waals surface area contributed by atoms with Crippen molar-refractivity contribution in [2.45, 2.75) is 39.0 Å².